The van der Waals surface area contributed by atoms with Gasteiger partial charge in [-0.15, -0.1) is 0 Å². The van der Waals surface area contributed by atoms with Crippen molar-refractivity contribution in [3.8, 4) is 0 Å². The lowest BCUT2D eigenvalue weighted by molar-refractivity contribution is -0.0939. The van der Waals surface area contributed by atoms with Crippen molar-refractivity contribution < 1.29 is 4.74 Å². The number of ether oxygens (including phenoxy) is 1. The van der Waals surface area contributed by atoms with Crippen molar-refractivity contribution in [1.82, 2.24) is 4.90 Å². The van der Waals surface area contributed by atoms with Gasteiger partial charge < -0.3 is 10.5 Å². The van der Waals surface area contributed by atoms with Crippen molar-refractivity contribution in [2.24, 2.45) is 5.73 Å². The molecule has 0 aromatic carbocycles. The topological polar surface area (TPSA) is 38.5 Å². The summed E-state index contributed by atoms with van der Waals surface area (Å²) in [6, 6.07) is 0. The summed E-state index contributed by atoms with van der Waals surface area (Å²) in [5.41, 5.74) is 5.85. The molecule has 78 valence electrons. The summed E-state index contributed by atoms with van der Waals surface area (Å²) in [6.07, 6.45) is 0.657. The first kappa shape index (κ1) is 11.0. The molecular formula is C10H22N2O. The van der Waals surface area contributed by atoms with E-state index in [0.717, 1.165) is 13.1 Å². The first-order valence-corrected chi connectivity index (χ1v) is 5.06. The standard InChI is InChI=1S/C10H22N2O/c1-8-5-12(6-9(2)13-8)10(3,4)7-11/h8-9H,5-7,11H2,1-4H3/t8-,9+. The number of hydrogen-bond acceptors (Lipinski definition) is 3. The molecule has 1 fully saturated rings. The molecule has 0 saturated carbocycles. The van der Waals surface area contributed by atoms with Crippen LogP contribution >= 0.6 is 0 Å². The molecule has 1 saturated heterocycles. The van der Waals surface area contributed by atoms with E-state index in [9.17, 15) is 0 Å². The third-order valence-electron chi connectivity index (χ3n) is 2.78. The highest BCUT2D eigenvalue weighted by atomic mass is 16.5. The maximum Gasteiger partial charge on any atom is 0.0678 e. The molecule has 3 heteroatoms. The Morgan fingerprint density at radius 2 is 1.77 bits per heavy atom. The Labute approximate surface area is 81.2 Å². The Kier molecular flexibility index (Phi) is 3.33. The summed E-state index contributed by atoms with van der Waals surface area (Å²) in [5.74, 6) is 0. The highest BCUT2D eigenvalue weighted by molar-refractivity contribution is 4.87. The van der Waals surface area contributed by atoms with Gasteiger partial charge in [0.05, 0.1) is 12.2 Å². The van der Waals surface area contributed by atoms with E-state index < -0.39 is 0 Å². The van der Waals surface area contributed by atoms with Crippen molar-refractivity contribution >= 4 is 0 Å². The first-order chi connectivity index (χ1) is 5.95. The predicted molar refractivity (Wildman–Crippen MR) is 54.7 cm³/mol. The second-order valence-corrected chi connectivity index (χ2v) is 4.68. The van der Waals surface area contributed by atoms with Crippen LogP contribution in [0, 0.1) is 0 Å². The minimum atomic E-state index is 0.103. The molecule has 13 heavy (non-hydrogen) atoms. The molecule has 0 aliphatic carbocycles. The molecule has 0 amide bonds. The second-order valence-electron chi connectivity index (χ2n) is 4.68. The number of nitrogens with two attached hydrogens (primary N) is 1. The molecule has 0 aromatic heterocycles. The third-order valence-corrected chi connectivity index (χ3v) is 2.78. The first-order valence-electron chi connectivity index (χ1n) is 5.06. The van der Waals surface area contributed by atoms with Crippen LogP contribution in [0.25, 0.3) is 0 Å². The maximum absolute atomic E-state index is 5.75. The summed E-state index contributed by atoms with van der Waals surface area (Å²) in [4.78, 5) is 2.42. The van der Waals surface area contributed by atoms with Crippen molar-refractivity contribution in [3.63, 3.8) is 0 Å². The van der Waals surface area contributed by atoms with Gasteiger partial charge in [0.2, 0.25) is 0 Å². The van der Waals surface area contributed by atoms with Crippen molar-refractivity contribution in [1.29, 1.82) is 0 Å². The van der Waals surface area contributed by atoms with Gasteiger partial charge in [-0.2, -0.15) is 0 Å². The lowest BCUT2D eigenvalue weighted by Gasteiger charge is -2.44. The van der Waals surface area contributed by atoms with Crippen LogP contribution in [0.3, 0.4) is 0 Å². The lowest BCUT2D eigenvalue weighted by atomic mass is 10.0. The van der Waals surface area contributed by atoms with Crippen LogP contribution in [0.5, 0.6) is 0 Å². The van der Waals surface area contributed by atoms with E-state index in [-0.39, 0.29) is 5.54 Å². The Hall–Kier alpha value is -0.120. The van der Waals surface area contributed by atoms with E-state index in [4.69, 9.17) is 10.5 Å². The van der Waals surface area contributed by atoms with Crippen molar-refractivity contribution in [3.05, 3.63) is 0 Å². The van der Waals surface area contributed by atoms with E-state index in [0.29, 0.717) is 18.8 Å². The van der Waals surface area contributed by atoms with Gasteiger partial charge in [-0.3, -0.25) is 4.90 Å². The zero-order valence-corrected chi connectivity index (χ0v) is 9.21. The Bertz CT molecular complexity index is 160. The highest BCUT2D eigenvalue weighted by Crippen LogP contribution is 2.19. The number of rotatable bonds is 2. The quantitative estimate of drug-likeness (QED) is 0.694. The fraction of sp³-hybridized carbons (Fsp3) is 1.00. The summed E-state index contributed by atoms with van der Waals surface area (Å²) < 4.78 is 5.67. The van der Waals surface area contributed by atoms with Crippen LogP contribution in [-0.4, -0.2) is 42.3 Å². The number of morpholine rings is 1. The summed E-state index contributed by atoms with van der Waals surface area (Å²) >= 11 is 0. The fourth-order valence-corrected chi connectivity index (χ4v) is 1.80. The molecule has 1 heterocycles. The maximum atomic E-state index is 5.75. The monoisotopic (exact) mass is 186 g/mol. The number of hydrogen-bond donors (Lipinski definition) is 1. The predicted octanol–water partition coefficient (Wildman–Crippen LogP) is 0.833. The van der Waals surface area contributed by atoms with E-state index in [2.05, 4.69) is 32.6 Å². The van der Waals surface area contributed by atoms with E-state index >= 15 is 0 Å². The van der Waals surface area contributed by atoms with Gasteiger partial charge in [0.1, 0.15) is 0 Å². The molecule has 0 aromatic rings. The van der Waals surface area contributed by atoms with Crippen molar-refractivity contribution in [2.75, 3.05) is 19.6 Å². The fourth-order valence-electron chi connectivity index (χ4n) is 1.80. The molecule has 1 aliphatic rings. The average Bonchev–Trinajstić information content (AvgIpc) is 2.02. The Balaban J connectivity index is 2.59. The minimum Gasteiger partial charge on any atom is -0.373 e. The summed E-state index contributed by atoms with van der Waals surface area (Å²) in [5, 5.41) is 0. The number of nitrogens with zero attached hydrogens (tertiary/aromatic N) is 1. The van der Waals surface area contributed by atoms with Gasteiger partial charge in [0.25, 0.3) is 0 Å². The zero-order valence-electron chi connectivity index (χ0n) is 9.21. The van der Waals surface area contributed by atoms with E-state index in [1.54, 1.807) is 0 Å². The molecule has 1 aliphatic heterocycles. The van der Waals surface area contributed by atoms with Gasteiger partial charge in [-0.1, -0.05) is 0 Å². The van der Waals surface area contributed by atoms with Crippen molar-refractivity contribution in [2.45, 2.75) is 45.4 Å². The molecule has 0 spiro atoms. The van der Waals surface area contributed by atoms with Gasteiger partial charge in [0, 0.05) is 25.2 Å². The van der Waals surface area contributed by atoms with Crippen LogP contribution in [0.2, 0.25) is 0 Å². The van der Waals surface area contributed by atoms with Gasteiger partial charge >= 0.3 is 0 Å². The average molecular weight is 186 g/mol. The van der Waals surface area contributed by atoms with E-state index in [1.165, 1.54) is 0 Å². The molecule has 2 atom stereocenters. The van der Waals surface area contributed by atoms with Crippen LogP contribution in [0.1, 0.15) is 27.7 Å². The molecule has 1 rings (SSSR count). The van der Waals surface area contributed by atoms with Gasteiger partial charge in [0.15, 0.2) is 0 Å². The SMILES string of the molecule is C[C@@H]1CN(C(C)(C)CN)C[C@H](C)O1. The summed E-state index contributed by atoms with van der Waals surface area (Å²) in [6.45, 7) is 11.3. The minimum absolute atomic E-state index is 0.103. The second kappa shape index (κ2) is 3.95. The van der Waals surface area contributed by atoms with Crippen LogP contribution < -0.4 is 5.73 Å². The van der Waals surface area contributed by atoms with Gasteiger partial charge in [-0.25, -0.2) is 0 Å². The molecule has 3 nitrogen and oxygen atoms in total. The largest absolute Gasteiger partial charge is 0.373 e. The lowest BCUT2D eigenvalue weighted by Crippen LogP contribution is -2.57. The zero-order chi connectivity index (χ0) is 10.1. The van der Waals surface area contributed by atoms with Crippen LogP contribution in [-0.2, 0) is 4.74 Å². The van der Waals surface area contributed by atoms with E-state index in [1.807, 2.05) is 0 Å². The molecule has 0 unspecified atom stereocenters. The molecule has 0 bridgehead atoms. The van der Waals surface area contributed by atoms with Crippen LogP contribution in [0.15, 0.2) is 0 Å². The van der Waals surface area contributed by atoms with Gasteiger partial charge in [-0.05, 0) is 27.7 Å². The Morgan fingerprint density at radius 3 is 2.15 bits per heavy atom. The molecule has 2 N–H and O–H groups in total. The highest BCUT2D eigenvalue weighted by Gasteiger charge is 2.31. The van der Waals surface area contributed by atoms with Crippen LogP contribution in [0.4, 0.5) is 0 Å². The molecule has 0 radical (unpaired) electrons. The molecular weight excluding hydrogens is 164 g/mol. The third kappa shape index (κ3) is 2.66. The Morgan fingerprint density at radius 1 is 1.31 bits per heavy atom. The summed E-state index contributed by atoms with van der Waals surface area (Å²) in [7, 11) is 0. The smallest absolute Gasteiger partial charge is 0.0678 e. The normalized spacial score (nSPS) is 32.1.